The van der Waals surface area contributed by atoms with E-state index >= 15 is 0 Å². The lowest BCUT2D eigenvalue weighted by Gasteiger charge is -2.20. The molecule has 1 aromatic carbocycles. The molecule has 0 aliphatic carbocycles. The first-order chi connectivity index (χ1) is 12.2. The van der Waals surface area contributed by atoms with Gasteiger partial charge in [0.15, 0.2) is 5.96 Å². The Bertz CT molecular complexity index is 540. The van der Waals surface area contributed by atoms with E-state index in [1.54, 1.807) is 19.2 Å². The Morgan fingerprint density at radius 2 is 1.96 bits per heavy atom. The molecule has 5 nitrogen and oxygen atoms in total. The van der Waals surface area contributed by atoms with Gasteiger partial charge < -0.3 is 20.4 Å². The number of benzene rings is 1. The van der Waals surface area contributed by atoms with E-state index in [0.717, 1.165) is 57.1 Å². The Morgan fingerprint density at radius 3 is 2.73 bits per heavy atom. The van der Waals surface area contributed by atoms with Crippen LogP contribution in [0.1, 0.15) is 18.4 Å². The van der Waals surface area contributed by atoms with Crippen molar-refractivity contribution in [3.63, 3.8) is 0 Å². The van der Waals surface area contributed by atoms with Crippen LogP contribution in [0.3, 0.4) is 0 Å². The summed E-state index contributed by atoms with van der Waals surface area (Å²) in [4.78, 5) is 9.20. The second kappa shape index (κ2) is 13.3. The largest absolute Gasteiger partial charge is 0.356 e. The van der Waals surface area contributed by atoms with Gasteiger partial charge in [-0.15, -0.1) is 24.0 Å². The summed E-state index contributed by atoms with van der Waals surface area (Å²) in [6, 6.07) is 6.74. The van der Waals surface area contributed by atoms with E-state index in [9.17, 15) is 4.39 Å². The molecule has 1 aliphatic rings. The van der Waals surface area contributed by atoms with Gasteiger partial charge in [0.1, 0.15) is 5.82 Å². The molecular weight excluding hydrogens is 444 g/mol. The summed E-state index contributed by atoms with van der Waals surface area (Å²) in [5, 5.41) is 6.65. The molecule has 2 rings (SSSR count). The van der Waals surface area contributed by atoms with Gasteiger partial charge in [-0.05, 0) is 63.6 Å². The Kier molecular flexibility index (Phi) is 11.8. The van der Waals surface area contributed by atoms with Gasteiger partial charge >= 0.3 is 0 Å². The van der Waals surface area contributed by atoms with E-state index in [-0.39, 0.29) is 29.8 Å². The molecule has 0 atom stereocenters. The van der Waals surface area contributed by atoms with Crippen LogP contribution in [0.2, 0.25) is 0 Å². The van der Waals surface area contributed by atoms with Crippen LogP contribution in [0.5, 0.6) is 0 Å². The van der Waals surface area contributed by atoms with Crippen molar-refractivity contribution in [3.8, 4) is 0 Å². The highest BCUT2D eigenvalue weighted by Crippen LogP contribution is 2.03. The van der Waals surface area contributed by atoms with E-state index in [1.165, 1.54) is 25.6 Å². The van der Waals surface area contributed by atoms with Crippen molar-refractivity contribution in [2.45, 2.75) is 19.3 Å². The van der Waals surface area contributed by atoms with Crippen molar-refractivity contribution in [1.82, 2.24) is 20.4 Å². The van der Waals surface area contributed by atoms with Crippen molar-refractivity contribution in [2.24, 2.45) is 4.99 Å². The van der Waals surface area contributed by atoms with Crippen LogP contribution in [-0.4, -0.2) is 75.7 Å². The zero-order valence-electron chi connectivity index (χ0n) is 16.0. The highest BCUT2D eigenvalue weighted by Gasteiger charge is 2.11. The second-order valence-corrected chi connectivity index (χ2v) is 6.66. The van der Waals surface area contributed by atoms with Gasteiger partial charge in [-0.25, -0.2) is 4.39 Å². The monoisotopic (exact) mass is 477 g/mol. The van der Waals surface area contributed by atoms with Gasteiger partial charge in [-0.2, -0.15) is 0 Å². The molecule has 0 saturated carbocycles. The first-order valence-electron chi connectivity index (χ1n) is 9.27. The maximum absolute atomic E-state index is 13.2. The van der Waals surface area contributed by atoms with Crippen LogP contribution < -0.4 is 10.6 Å². The van der Waals surface area contributed by atoms with E-state index in [1.807, 2.05) is 6.07 Å². The molecule has 0 aromatic heterocycles. The van der Waals surface area contributed by atoms with Crippen LogP contribution in [-0.2, 0) is 6.42 Å². The molecule has 1 aromatic rings. The molecule has 0 amide bonds. The van der Waals surface area contributed by atoms with Crippen molar-refractivity contribution in [1.29, 1.82) is 0 Å². The van der Waals surface area contributed by atoms with Gasteiger partial charge in [-0.3, -0.25) is 4.99 Å². The van der Waals surface area contributed by atoms with Crippen LogP contribution in [0.15, 0.2) is 29.3 Å². The number of guanidine groups is 1. The highest BCUT2D eigenvalue weighted by molar-refractivity contribution is 14.0. The molecule has 7 heteroatoms. The molecule has 0 spiro atoms. The number of aliphatic imine (C=N–C) groups is 1. The average molecular weight is 477 g/mol. The summed E-state index contributed by atoms with van der Waals surface area (Å²) in [7, 11) is 3.98. The Hall–Kier alpha value is -0.930. The molecule has 1 heterocycles. The fourth-order valence-electron chi connectivity index (χ4n) is 3.07. The number of likely N-dealkylation sites (N-methyl/N-ethyl adjacent to an activating group) is 1. The van der Waals surface area contributed by atoms with Gasteiger partial charge in [0.2, 0.25) is 0 Å². The zero-order chi connectivity index (χ0) is 17.9. The normalized spacial score (nSPS) is 16.7. The minimum absolute atomic E-state index is 0. The predicted molar refractivity (Wildman–Crippen MR) is 118 cm³/mol. The van der Waals surface area contributed by atoms with Crippen molar-refractivity contribution in [2.75, 3.05) is 59.9 Å². The smallest absolute Gasteiger partial charge is 0.190 e. The summed E-state index contributed by atoms with van der Waals surface area (Å²) in [5.74, 6) is 0.631. The Labute approximate surface area is 174 Å². The molecular formula is C19H33FIN5. The predicted octanol–water partition coefficient (Wildman–Crippen LogP) is 2.18. The van der Waals surface area contributed by atoms with E-state index in [4.69, 9.17) is 0 Å². The van der Waals surface area contributed by atoms with Crippen LogP contribution >= 0.6 is 24.0 Å². The van der Waals surface area contributed by atoms with Gasteiger partial charge in [0.05, 0.1) is 0 Å². The lowest BCUT2D eigenvalue weighted by atomic mass is 10.1. The van der Waals surface area contributed by atoms with E-state index in [2.05, 4.69) is 32.5 Å². The summed E-state index contributed by atoms with van der Waals surface area (Å²) < 4.78 is 13.2. The lowest BCUT2D eigenvalue weighted by Crippen LogP contribution is -2.40. The van der Waals surface area contributed by atoms with Crippen LogP contribution in [0, 0.1) is 5.82 Å². The zero-order valence-corrected chi connectivity index (χ0v) is 18.3. The lowest BCUT2D eigenvalue weighted by molar-refractivity contribution is 0.274. The third-order valence-corrected chi connectivity index (χ3v) is 4.57. The molecule has 26 heavy (non-hydrogen) atoms. The van der Waals surface area contributed by atoms with Crippen LogP contribution in [0.4, 0.5) is 4.39 Å². The van der Waals surface area contributed by atoms with Crippen LogP contribution in [0.25, 0.3) is 0 Å². The molecule has 1 aliphatic heterocycles. The van der Waals surface area contributed by atoms with Gasteiger partial charge in [-0.1, -0.05) is 12.1 Å². The minimum atomic E-state index is -0.181. The van der Waals surface area contributed by atoms with Crippen molar-refractivity contribution < 1.29 is 4.39 Å². The molecule has 0 radical (unpaired) electrons. The summed E-state index contributed by atoms with van der Waals surface area (Å²) >= 11 is 0. The molecule has 148 valence electrons. The van der Waals surface area contributed by atoms with Gasteiger partial charge in [0, 0.05) is 33.2 Å². The van der Waals surface area contributed by atoms with Crippen molar-refractivity contribution in [3.05, 3.63) is 35.6 Å². The number of nitrogens with one attached hydrogen (secondary N) is 2. The number of rotatable bonds is 7. The summed E-state index contributed by atoms with van der Waals surface area (Å²) in [6.45, 7) is 7.50. The maximum atomic E-state index is 13.2. The summed E-state index contributed by atoms with van der Waals surface area (Å²) in [6.07, 6.45) is 3.14. The minimum Gasteiger partial charge on any atom is -0.356 e. The fraction of sp³-hybridized carbons (Fsp3) is 0.632. The Balaban J connectivity index is 0.00000338. The topological polar surface area (TPSA) is 42.9 Å². The highest BCUT2D eigenvalue weighted by atomic mass is 127. The standard InChI is InChI=1S/C19H32FN5.HI/c1-21-19(23-10-8-17-6-3-7-18(20)16-17)22-9-4-12-25-13-5-11-24(2)14-15-25;/h3,6-7,16H,4-5,8-15H2,1-2H3,(H2,21,22,23);1H. The van der Waals surface area contributed by atoms with E-state index < -0.39 is 0 Å². The molecule has 2 N–H and O–H groups in total. The summed E-state index contributed by atoms with van der Waals surface area (Å²) in [5.41, 5.74) is 0.995. The van der Waals surface area contributed by atoms with Crippen molar-refractivity contribution >= 4 is 29.9 Å². The molecule has 0 bridgehead atoms. The fourth-order valence-corrected chi connectivity index (χ4v) is 3.07. The number of hydrogen-bond acceptors (Lipinski definition) is 3. The molecule has 1 saturated heterocycles. The third kappa shape index (κ3) is 9.14. The number of nitrogens with zero attached hydrogens (tertiary/aromatic N) is 3. The maximum Gasteiger partial charge on any atom is 0.190 e. The quantitative estimate of drug-likeness (QED) is 0.274. The van der Waals surface area contributed by atoms with Gasteiger partial charge in [0.25, 0.3) is 0 Å². The second-order valence-electron chi connectivity index (χ2n) is 6.66. The Morgan fingerprint density at radius 1 is 1.15 bits per heavy atom. The first kappa shape index (κ1) is 23.1. The molecule has 0 unspecified atom stereocenters. The molecule has 1 fully saturated rings. The average Bonchev–Trinajstić information content (AvgIpc) is 2.81. The number of hydrogen-bond donors (Lipinski definition) is 2. The number of halogens is 2. The third-order valence-electron chi connectivity index (χ3n) is 4.57. The first-order valence-corrected chi connectivity index (χ1v) is 9.27. The van der Waals surface area contributed by atoms with E-state index in [0.29, 0.717) is 0 Å². The SMILES string of the molecule is CN=C(NCCCN1CCCN(C)CC1)NCCc1cccc(F)c1.I.